The fraction of sp³-hybridized carbons (Fsp3) is 0.909. The van der Waals surface area contributed by atoms with Crippen molar-refractivity contribution in [1.29, 1.82) is 0 Å². The molecule has 2 aliphatic heterocycles. The SMILES string of the molecule is CCN1CCN(C2CCNC2)CCC1=O. The fourth-order valence-electron chi connectivity index (χ4n) is 2.53. The van der Waals surface area contributed by atoms with Crippen LogP contribution in [-0.2, 0) is 4.79 Å². The molecule has 2 rings (SSSR count). The summed E-state index contributed by atoms with van der Waals surface area (Å²) in [5.74, 6) is 0.325. The zero-order chi connectivity index (χ0) is 10.7. The Hall–Kier alpha value is -0.610. The first-order valence-corrected chi connectivity index (χ1v) is 6.04. The van der Waals surface area contributed by atoms with Crippen LogP contribution in [0.3, 0.4) is 0 Å². The first-order valence-electron chi connectivity index (χ1n) is 6.04. The lowest BCUT2D eigenvalue weighted by Crippen LogP contribution is -2.39. The normalized spacial score (nSPS) is 29.5. The maximum Gasteiger partial charge on any atom is 0.223 e. The van der Waals surface area contributed by atoms with Gasteiger partial charge in [-0.05, 0) is 19.9 Å². The minimum Gasteiger partial charge on any atom is -0.342 e. The summed E-state index contributed by atoms with van der Waals surface area (Å²) < 4.78 is 0. The zero-order valence-corrected chi connectivity index (χ0v) is 9.54. The third kappa shape index (κ3) is 2.49. The molecular formula is C11H21N3O. The molecule has 0 bridgehead atoms. The van der Waals surface area contributed by atoms with Gasteiger partial charge >= 0.3 is 0 Å². The van der Waals surface area contributed by atoms with Crippen LogP contribution in [0.5, 0.6) is 0 Å². The van der Waals surface area contributed by atoms with Gasteiger partial charge in [0.05, 0.1) is 0 Å². The van der Waals surface area contributed by atoms with Gasteiger partial charge in [-0.25, -0.2) is 0 Å². The summed E-state index contributed by atoms with van der Waals surface area (Å²) in [6.45, 7) is 8.05. The van der Waals surface area contributed by atoms with Crippen molar-refractivity contribution in [2.24, 2.45) is 0 Å². The predicted molar refractivity (Wildman–Crippen MR) is 59.7 cm³/mol. The molecule has 1 atom stereocenters. The van der Waals surface area contributed by atoms with Crippen LogP contribution in [0.15, 0.2) is 0 Å². The highest BCUT2D eigenvalue weighted by atomic mass is 16.2. The first-order chi connectivity index (χ1) is 7.31. The number of carbonyl (C=O) groups excluding carboxylic acids is 1. The van der Waals surface area contributed by atoms with Crippen molar-refractivity contribution < 1.29 is 4.79 Å². The molecule has 1 amide bonds. The molecule has 0 radical (unpaired) electrons. The van der Waals surface area contributed by atoms with E-state index in [0.717, 1.165) is 39.3 Å². The van der Waals surface area contributed by atoms with Crippen molar-refractivity contribution in [3.05, 3.63) is 0 Å². The maximum atomic E-state index is 11.7. The van der Waals surface area contributed by atoms with E-state index < -0.39 is 0 Å². The second-order valence-electron chi connectivity index (χ2n) is 4.41. The summed E-state index contributed by atoms with van der Waals surface area (Å²) in [5, 5.41) is 3.39. The van der Waals surface area contributed by atoms with E-state index in [4.69, 9.17) is 0 Å². The minimum absolute atomic E-state index is 0.325. The Kier molecular flexibility index (Phi) is 3.59. The second kappa shape index (κ2) is 4.94. The third-order valence-electron chi connectivity index (χ3n) is 3.56. The van der Waals surface area contributed by atoms with Gasteiger partial charge in [-0.3, -0.25) is 9.69 Å². The lowest BCUT2D eigenvalue weighted by Gasteiger charge is -2.26. The van der Waals surface area contributed by atoms with Crippen LogP contribution in [0, 0.1) is 0 Å². The van der Waals surface area contributed by atoms with Gasteiger partial charge < -0.3 is 10.2 Å². The van der Waals surface area contributed by atoms with Gasteiger partial charge in [0, 0.05) is 45.2 Å². The Morgan fingerprint density at radius 2 is 2.27 bits per heavy atom. The number of nitrogens with zero attached hydrogens (tertiary/aromatic N) is 2. The van der Waals surface area contributed by atoms with E-state index in [2.05, 4.69) is 17.1 Å². The van der Waals surface area contributed by atoms with E-state index in [1.54, 1.807) is 0 Å². The Balaban J connectivity index is 1.90. The Bertz CT molecular complexity index is 226. The Morgan fingerprint density at radius 1 is 1.40 bits per heavy atom. The summed E-state index contributed by atoms with van der Waals surface area (Å²) in [7, 11) is 0. The third-order valence-corrected chi connectivity index (χ3v) is 3.56. The summed E-state index contributed by atoms with van der Waals surface area (Å²) in [5.41, 5.74) is 0. The molecule has 2 heterocycles. The van der Waals surface area contributed by atoms with Crippen molar-refractivity contribution in [1.82, 2.24) is 15.1 Å². The van der Waals surface area contributed by atoms with Crippen LogP contribution in [0.1, 0.15) is 19.8 Å². The van der Waals surface area contributed by atoms with Crippen LogP contribution in [0.25, 0.3) is 0 Å². The van der Waals surface area contributed by atoms with E-state index in [1.165, 1.54) is 6.42 Å². The van der Waals surface area contributed by atoms with Gasteiger partial charge in [0.25, 0.3) is 0 Å². The van der Waals surface area contributed by atoms with E-state index in [0.29, 0.717) is 18.4 Å². The van der Waals surface area contributed by atoms with Crippen molar-refractivity contribution in [3.63, 3.8) is 0 Å². The number of hydrogen-bond acceptors (Lipinski definition) is 3. The Morgan fingerprint density at radius 3 is 2.93 bits per heavy atom. The standard InChI is InChI=1S/C11H21N3O/c1-2-13-7-8-14(6-4-11(13)15)10-3-5-12-9-10/h10,12H,2-9H2,1H3. The lowest BCUT2D eigenvalue weighted by atomic mass is 10.2. The summed E-state index contributed by atoms with van der Waals surface area (Å²) >= 11 is 0. The molecule has 1 unspecified atom stereocenters. The van der Waals surface area contributed by atoms with Crippen molar-refractivity contribution in [2.45, 2.75) is 25.8 Å². The van der Waals surface area contributed by atoms with E-state index in [-0.39, 0.29) is 0 Å². The molecule has 0 aliphatic carbocycles. The topological polar surface area (TPSA) is 35.6 Å². The summed E-state index contributed by atoms with van der Waals surface area (Å²) in [4.78, 5) is 16.1. The highest BCUT2D eigenvalue weighted by Gasteiger charge is 2.26. The molecule has 0 aromatic carbocycles. The second-order valence-corrected chi connectivity index (χ2v) is 4.41. The smallest absolute Gasteiger partial charge is 0.223 e. The number of rotatable bonds is 2. The molecule has 86 valence electrons. The van der Waals surface area contributed by atoms with Crippen molar-refractivity contribution >= 4 is 5.91 Å². The first kappa shape index (κ1) is 10.9. The molecule has 2 aliphatic rings. The molecule has 0 spiro atoms. The molecule has 15 heavy (non-hydrogen) atoms. The summed E-state index contributed by atoms with van der Waals surface area (Å²) in [6.07, 6.45) is 1.94. The highest BCUT2D eigenvalue weighted by Crippen LogP contribution is 2.12. The fourth-order valence-corrected chi connectivity index (χ4v) is 2.53. The van der Waals surface area contributed by atoms with Crippen molar-refractivity contribution in [2.75, 3.05) is 39.3 Å². The van der Waals surface area contributed by atoms with Crippen LogP contribution < -0.4 is 5.32 Å². The largest absolute Gasteiger partial charge is 0.342 e. The predicted octanol–water partition coefficient (Wildman–Crippen LogP) is -0.0975. The molecule has 2 fully saturated rings. The van der Waals surface area contributed by atoms with Crippen LogP contribution in [0.2, 0.25) is 0 Å². The average Bonchev–Trinajstić information content (AvgIpc) is 2.70. The molecule has 0 aromatic rings. The number of carbonyl (C=O) groups is 1. The summed E-state index contributed by atoms with van der Waals surface area (Å²) in [6, 6.07) is 0.662. The molecule has 0 aromatic heterocycles. The molecular weight excluding hydrogens is 190 g/mol. The number of hydrogen-bond donors (Lipinski definition) is 1. The lowest BCUT2D eigenvalue weighted by molar-refractivity contribution is -0.130. The Labute approximate surface area is 91.6 Å². The molecule has 0 saturated carbocycles. The molecule has 4 nitrogen and oxygen atoms in total. The quantitative estimate of drug-likeness (QED) is 0.693. The van der Waals surface area contributed by atoms with Gasteiger partial charge in [-0.15, -0.1) is 0 Å². The number of likely N-dealkylation sites (N-methyl/N-ethyl adjacent to an activating group) is 1. The van der Waals surface area contributed by atoms with Gasteiger partial charge in [-0.1, -0.05) is 0 Å². The molecule has 2 saturated heterocycles. The van der Waals surface area contributed by atoms with E-state index in [1.807, 2.05) is 4.90 Å². The highest BCUT2D eigenvalue weighted by molar-refractivity contribution is 5.76. The zero-order valence-electron chi connectivity index (χ0n) is 9.54. The minimum atomic E-state index is 0.325. The number of amides is 1. The molecule has 4 heteroatoms. The van der Waals surface area contributed by atoms with Gasteiger partial charge in [0.15, 0.2) is 0 Å². The van der Waals surface area contributed by atoms with Crippen LogP contribution in [0.4, 0.5) is 0 Å². The van der Waals surface area contributed by atoms with E-state index >= 15 is 0 Å². The molecule has 1 N–H and O–H groups in total. The maximum absolute atomic E-state index is 11.7. The van der Waals surface area contributed by atoms with Gasteiger partial charge in [0.2, 0.25) is 5.91 Å². The van der Waals surface area contributed by atoms with Gasteiger partial charge in [-0.2, -0.15) is 0 Å². The monoisotopic (exact) mass is 211 g/mol. The van der Waals surface area contributed by atoms with Crippen LogP contribution in [-0.4, -0.2) is 61.0 Å². The van der Waals surface area contributed by atoms with E-state index in [9.17, 15) is 4.79 Å². The van der Waals surface area contributed by atoms with Crippen molar-refractivity contribution in [3.8, 4) is 0 Å². The van der Waals surface area contributed by atoms with Crippen LogP contribution >= 0.6 is 0 Å². The number of nitrogens with one attached hydrogen (secondary N) is 1. The van der Waals surface area contributed by atoms with Gasteiger partial charge in [0.1, 0.15) is 0 Å². The average molecular weight is 211 g/mol.